The van der Waals surface area contributed by atoms with Crippen LogP contribution in [-0.4, -0.2) is 22.9 Å². The quantitative estimate of drug-likeness (QED) is 0.933. The number of rotatable bonds is 3. The molecule has 0 saturated heterocycles. The molecule has 0 atom stereocenters. The van der Waals surface area contributed by atoms with E-state index in [4.69, 9.17) is 15.2 Å². The number of halogens is 1. The number of hydrogen-bond donors (Lipinski definition) is 1. The van der Waals surface area contributed by atoms with Gasteiger partial charge in [0.2, 0.25) is 6.79 Å². The van der Waals surface area contributed by atoms with Gasteiger partial charge in [0.15, 0.2) is 11.5 Å². The third kappa shape index (κ3) is 2.09. The van der Waals surface area contributed by atoms with Crippen LogP contribution < -0.4 is 15.2 Å². The monoisotopic (exact) mass is 337 g/mol. The fourth-order valence-corrected chi connectivity index (χ4v) is 3.14. The van der Waals surface area contributed by atoms with E-state index in [1.165, 1.54) is 0 Å². The zero-order valence-electron chi connectivity index (χ0n) is 11.4. The lowest BCUT2D eigenvalue weighted by molar-refractivity contribution is 0.174. The number of aryl methyl sites for hydroxylation is 1. The molecule has 6 heteroatoms. The number of hydrogen-bond acceptors (Lipinski definition) is 4. The molecule has 0 fully saturated rings. The van der Waals surface area contributed by atoms with Gasteiger partial charge in [-0.1, -0.05) is 0 Å². The Morgan fingerprint density at radius 1 is 1.35 bits per heavy atom. The van der Waals surface area contributed by atoms with Crippen LogP contribution in [0.1, 0.15) is 11.4 Å². The SMILES string of the molecule is Cc1cc2c(cc1-c1c(Br)nc(CCN)n1C)OCO2. The van der Waals surface area contributed by atoms with E-state index in [0.717, 1.165) is 45.2 Å². The molecule has 20 heavy (non-hydrogen) atoms. The lowest BCUT2D eigenvalue weighted by Gasteiger charge is -2.10. The van der Waals surface area contributed by atoms with Gasteiger partial charge in [-0.05, 0) is 47.1 Å². The van der Waals surface area contributed by atoms with Crippen LogP contribution in [0.25, 0.3) is 11.3 Å². The zero-order valence-corrected chi connectivity index (χ0v) is 13.0. The Labute approximate surface area is 125 Å². The zero-order chi connectivity index (χ0) is 14.3. The molecule has 1 aromatic heterocycles. The first-order chi connectivity index (χ1) is 9.61. The minimum absolute atomic E-state index is 0.281. The van der Waals surface area contributed by atoms with Gasteiger partial charge < -0.3 is 19.8 Å². The second-order valence-corrected chi connectivity index (χ2v) is 5.54. The summed E-state index contributed by atoms with van der Waals surface area (Å²) in [6.45, 7) is 2.92. The Kier molecular flexibility index (Phi) is 3.43. The maximum Gasteiger partial charge on any atom is 0.231 e. The van der Waals surface area contributed by atoms with Gasteiger partial charge in [0.05, 0.1) is 5.69 Å². The molecule has 0 amide bonds. The fraction of sp³-hybridized carbons (Fsp3) is 0.357. The van der Waals surface area contributed by atoms with Crippen molar-refractivity contribution in [1.82, 2.24) is 9.55 Å². The molecule has 106 valence electrons. The van der Waals surface area contributed by atoms with Crippen molar-refractivity contribution in [3.8, 4) is 22.8 Å². The average Bonchev–Trinajstić information content (AvgIpc) is 2.95. The lowest BCUT2D eigenvalue weighted by atomic mass is 10.1. The molecule has 1 aromatic carbocycles. The van der Waals surface area contributed by atoms with Gasteiger partial charge in [-0.3, -0.25) is 0 Å². The van der Waals surface area contributed by atoms with Gasteiger partial charge in [-0.25, -0.2) is 4.98 Å². The largest absolute Gasteiger partial charge is 0.454 e. The van der Waals surface area contributed by atoms with E-state index in [2.05, 4.69) is 32.4 Å². The molecule has 1 aliphatic heterocycles. The summed E-state index contributed by atoms with van der Waals surface area (Å²) in [5, 5.41) is 0. The van der Waals surface area contributed by atoms with E-state index in [9.17, 15) is 0 Å². The molecule has 0 radical (unpaired) electrons. The van der Waals surface area contributed by atoms with Crippen molar-refractivity contribution >= 4 is 15.9 Å². The van der Waals surface area contributed by atoms with Gasteiger partial charge in [0.1, 0.15) is 10.4 Å². The summed E-state index contributed by atoms with van der Waals surface area (Å²) in [5.74, 6) is 2.54. The van der Waals surface area contributed by atoms with E-state index in [0.29, 0.717) is 6.54 Å². The maximum atomic E-state index is 5.63. The van der Waals surface area contributed by atoms with Crippen molar-refractivity contribution in [2.24, 2.45) is 12.8 Å². The number of imidazole rings is 1. The Balaban J connectivity index is 2.14. The van der Waals surface area contributed by atoms with E-state index in [-0.39, 0.29) is 6.79 Å². The molecule has 0 saturated carbocycles. The molecule has 1 aliphatic rings. The van der Waals surface area contributed by atoms with E-state index in [1.54, 1.807) is 0 Å². The fourth-order valence-electron chi connectivity index (χ4n) is 2.45. The molecule has 2 aromatic rings. The van der Waals surface area contributed by atoms with Crippen LogP contribution in [0.15, 0.2) is 16.7 Å². The summed E-state index contributed by atoms with van der Waals surface area (Å²) in [5.41, 5.74) is 8.86. The van der Waals surface area contributed by atoms with Crippen LogP contribution in [0.4, 0.5) is 0 Å². The number of fused-ring (bicyclic) bond motifs is 1. The van der Waals surface area contributed by atoms with Crippen LogP contribution in [-0.2, 0) is 13.5 Å². The van der Waals surface area contributed by atoms with Gasteiger partial charge >= 0.3 is 0 Å². The highest BCUT2D eigenvalue weighted by Gasteiger charge is 2.21. The topological polar surface area (TPSA) is 62.3 Å². The van der Waals surface area contributed by atoms with Crippen molar-refractivity contribution in [3.63, 3.8) is 0 Å². The normalized spacial score (nSPS) is 13.0. The van der Waals surface area contributed by atoms with Crippen LogP contribution in [0.5, 0.6) is 11.5 Å². The average molecular weight is 338 g/mol. The van der Waals surface area contributed by atoms with Crippen LogP contribution in [0.2, 0.25) is 0 Å². The minimum atomic E-state index is 0.281. The van der Waals surface area contributed by atoms with Gasteiger partial charge in [-0.2, -0.15) is 0 Å². The third-order valence-electron chi connectivity index (χ3n) is 3.49. The molecule has 0 spiro atoms. The number of benzene rings is 1. The van der Waals surface area contributed by atoms with Crippen LogP contribution in [0, 0.1) is 6.92 Å². The summed E-state index contributed by atoms with van der Waals surface area (Å²) in [6.07, 6.45) is 0.749. The summed E-state index contributed by atoms with van der Waals surface area (Å²) in [7, 11) is 2.00. The number of ether oxygens (including phenoxy) is 2. The molecule has 0 aliphatic carbocycles. The van der Waals surface area contributed by atoms with Crippen LogP contribution >= 0.6 is 15.9 Å². The minimum Gasteiger partial charge on any atom is -0.454 e. The Bertz CT molecular complexity index is 667. The van der Waals surface area contributed by atoms with Crippen molar-refractivity contribution in [1.29, 1.82) is 0 Å². The van der Waals surface area contributed by atoms with Crippen molar-refractivity contribution in [2.75, 3.05) is 13.3 Å². The van der Waals surface area contributed by atoms with E-state index in [1.807, 2.05) is 19.2 Å². The Morgan fingerprint density at radius 2 is 2.05 bits per heavy atom. The van der Waals surface area contributed by atoms with Gasteiger partial charge in [0.25, 0.3) is 0 Å². The highest BCUT2D eigenvalue weighted by atomic mass is 79.9. The standard InChI is InChI=1S/C14H16BrN3O2/c1-8-5-10-11(20-7-19-10)6-9(8)13-14(15)17-12(3-4-16)18(13)2/h5-6H,3-4,7,16H2,1-2H3. The predicted molar refractivity (Wildman–Crippen MR) is 80.0 cm³/mol. The van der Waals surface area contributed by atoms with Crippen molar-refractivity contribution in [3.05, 3.63) is 28.1 Å². The first-order valence-electron chi connectivity index (χ1n) is 6.43. The summed E-state index contributed by atoms with van der Waals surface area (Å²) in [6, 6.07) is 4.01. The van der Waals surface area contributed by atoms with Crippen molar-refractivity contribution in [2.45, 2.75) is 13.3 Å². The first kappa shape index (κ1) is 13.5. The van der Waals surface area contributed by atoms with E-state index >= 15 is 0 Å². The van der Waals surface area contributed by atoms with Crippen molar-refractivity contribution < 1.29 is 9.47 Å². The second-order valence-electron chi connectivity index (χ2n) is 4.79. The molecule has 5 nitrogen and oxygen atoms in total. The molecule has 0 bridgehead atoms. The number of aromatic nitrogens is 2. The highest BCUT2D eigenvalue weighted by molar-refractivity contribution is 9.10. The highest BCUT2D eigenvalue weighted by Crippen LogP contribution is 2.40. The maximum absolute atomic E-state index is 5.63. The second kappa shape index (κ2) is 5.10. The smallest absolute Gasteiger partial charge is 0.231 e. The molecule has 0 unspecified atom stereocenters. The molecule has 3 rings (SSSR count). The van der Waals surface area contributed by atoms with Gasteiger partial charge in [0, 0.05) is 19.0 Å². The predicted octanol–water partition coefficient (Wildman–Crippen LogP) is 2.39. The first-order valence-corrected chi connectivity index (χ1v) is 7.23. The summed E-state index contributed by atoms with van der Waals surface area (Å²) >= 11 is 3.54. The molecule has 2 N–H and O–H groups in total. The molecular weight excluding hydrogens is 322 g/mol. The molecular formula is C14H16BrN3O2. The van der Waals surface area contributed by atoms with E-state index < -0.39 is 0 Å². The Morgan fingerprint density at radius 3 is 2.75 bits per heavy atom. The van der Waals surface area contributed by atoms with Gasteiger partial charge in [-0.15, -0.1) is 0 Å². The summed E-state index contributed by atoms with van der Waals surface area (Å²) < 4.78 is 13.8. The lowest BCUT2D eigenvalue weighted by Crippen LogP contribution is -2.08. The Hall–Kier alpha value is -1.53. The third-order valence-corrected chi connectivity index (χ3v) is 4.04. The number of nitrogens with zero attached hydrogens (tertiary/aromatic N) is 2. The molecule has 2 heterocycles. The number of nitrogens with two attached hydrogens (primary N) is 1. The summed E-state index contributed by atoms with van der Waals surface area (Å²) in [4.78, 5) is 4.54. The van der Waals surface area contributed by atoms with Crippen LogP contribution in [0.3, 0.4) is 0 Å².